The summed E-state index contributed by atoms with van der Waals surface area (Å²) in [6, 6.07) is -0.643. The molecule has 0 aliphatic rings. The molecule has 0 spiro atoms. The minimum absolute atomic E-state index is 0.0103. The highest BCUT2D eigenvalue weighted by Gasteiger charge is 2.22. The SMILES string of the molecule is F[B-](F)(F)F.[2H]c1c([2H])c([2H])c(-c2cc(-c3c([2H])c([2H])c([2H])c([2H])c3[2H])[o+]c(-c3cccs3)n2)c([2H])c1[2H]. The molecule has 28 heavy (non-hydrogen) atoms. The smallest absolute Gasteiger partial charge is 0.418 e. The van der Waals surface area contributed by atoms with Crippen molar-refractivity contribution in [2.45, 2.75) is 0 Å². The Bertz CT molecular complexity index is 1380. The second kappa shape index (κ2) is 8.80. The van der Waals surface area contributed by atoms with Gasteiger partial charge in [-0.25, -0.2) is 0 Å². The van der Waals surface area contributed by atoms with E-state index in [1.54, 1.807) is 17.5 Å². The number of hydrogen-bond donors (Lipinski definition) is 0. The van der Waals surface area contributed by atoms with Crippen molar-refractivity contribution in [3.63, 3.8) is 0 Å². The molecule has 0 atom stereocenters. The zero-order valence-corrected chi connectivity index (χ0v) is 14.5. The molecule has 2 heterocycles. The van der Waals surface area contributed by atoms with E-state index < -0.39 is 67.7 Å². The standard InChI is InChI=1S/C20H14NOS.BF4/c1-3-8-15(9-4-1)17-14-18(16-10-5-2-6-11-16)22-20(21-17)19-12-7-13-23-19;2-1(3,4)5/h1-14H;/q+1;-1/i1D,2D,3D,4D,5D,6D,8D,9D,10D,11D;. The van der Waals surface area contributed by atoms with Gasteiger partial charge in [-0.05, 0) is 23.5 Å². The fourth-order valence-corrected chi connectivity index (χ4v) is 2.58. The first kappa shape index (κ1) is 10.5. The van der Waals surface area contributed by atoms with E-state index in [2.05, 4.69) is 4.98 Å². The van der Waals surface area contributed by atoms with E-state index in [1.165, 1.54) is 17.4 Å². The number of halogens is 4. The van der Waals surface area contributed by atoms with Crippen LogP contribution < -0.4 is 0 Å². The second-order valence-electron chi connectivity index (χ2n) is 4.89. The van der Waals surface area contributed by atoms with Gasteiger partial charge in [0.25, 0.3) is 0 Å². The lowest BCUT2D eigenvalue weighted by molar-refractivity contribution is 0.368. The van der Waals surface area contributed by atoms with Crippen molar-refractivity contribution in [2.75, 3.05) is 0 Å². The zero-order valence-electron chi connectivity index (χ0n) is 23.7. The van der Waals surface area contributed by atoms with E-state index in [9.17, 15) is 17.3 Å². The molecule has 0 bridgehead atoms. The Hall–Kier alpha value is -3.00. The topological polar surface area (TPSA) is 24.2 Å². The predicted octanol–water partition coefficient (Wildman–Crippen LogP) is 7.32. The second-order valence-corrected chi connectivity index (χ2v) is 5.83. The molecule has 0 N–H and O–H groups in total. The lowest BCUT2D eigenvalue weighted by Crippen LogP contribution is -2.02. The molecule has 0 amide bonds. The fraction of sp³-hybridized carbons (Fsp3) is 0. The van der Waals surface area contributed by atoms with Crippen molar-refractivity contribution in [1.82, 2.24) is 4.98 Å². The van der Waals surface area contributed by atoms with E-state index in [4.69, 9.17) is 18.1 Å². The van der Waals surface area contributed by atoms with Crippen molar-refractivity contribution < 1.29 is 35.4 Å². The minimum atomic E-state index is -6.00. The molecule has 2 aromatic heterocycles. The zero-order chi connectivity index (χ0) is 28.7. The van der Waals surface area contributed by atoms with Crippen molar-refractivity contribution >= 4 is 18.6 Å². The first-order valence-electron chi connectivity index (χ1n) is 12.5. The van der Waals surface area contributed by atoms with Crippen LogP contribution in [0.5, 0.6) is 0 Å². The molecule has 0 saturated carbocycles. The summed E-state index contributed by atoms with van der Waals surface area (Å²) in [6.45, 7) is 0. The first-order chi connectivity index (χ1) is 17.5. The molecule has 4 rings (SSSR count). The quantitative estimate of drug-likeness (QED) is 0.200. The molecule has 142 valence electrons. The summed E-state index contributed by atoms with van der Waals surface area (Å²) >= 11 is 1.27. The molecule has 2 aromatic carbocycles. The lowest BCUT2D eigenvalue weighted by Gasteiger charge is -2.00. The van der Waals surface area contributed by atoms with Crippen molar-refractivity contribution in [2.24, 2.45) is 0 Å². The number of nitrogens with zero attached hydrogens (tertiary/aromatic N) is 1. The van der Waals surface area contributed by atoms with Crippen LogP contribution >= 0.6 is 11.3 Å². The third kappa shape index (κ3) is 5.75. The van der Waals surface area contributed by atoms with E-state index in [0.717, 1.165) is 0 Å². The third-order valence-electron chi connectivity index (χ3n) is 2.93. The molecule has 0 saturated heterocycles. The Kier molecular flexibility index (Phi) is 3.31. The van der Waals surface area contributed by atoms with Gasteiger partial charge < -0.3 is 17.3 Å². The summed E-state index contributed by atoms with van der Waals surface area (Å²) in [5.41, 5.74) is -0.471. The van der Waals surface area contributed by atoms with Crippen LogP contribution in [0.15, 0.2) is 88.4 Å². The van der Waals surface area contributed by atoms with Crippen LogP contribution in [0.1, 0.15) is 13.7 Å². The third-order valence-corrected chi connectivity index (χ3v) is 3.79. The molecule has 0 radical (unpaired) electrons. The van der Waals surface area contributed by atoms with E-state index >= 15 is 0 Å². The largest absolute Gasteiger partial charge is 0.673 e. The average molecular weight is 413 g/mol. The van der Waals surface area contributed by atoms with E-state index in [1.807, 2.05) is 0 Å². The summed E-state index contributed by atoms with van der Waals surface area (Å²) in [7, 11) is -6.00. The summed E-state index contributed by atoms with van der Waals surface area (Å²) < 4.78 is 125. The van der Waals surface area contributed by atoms with Crippen LogP contribution in [0.4, 0.5) is 17.3 Å². The summed E-state index contributed by atoms with van der Waals surface area (Å²) in [4.78, 5) is 4.89. The highest BCUT2D eigenvalue weighted by Crippen LogP contribution is 2.31. The number of thiophene rings is 1. The summed E-state index contributed by atoms with van der Waals surface area (Å²) in [6.07, 6.45) is 0. The Morgan fingerprint density at radius 1 is 0.893 bits per heavy atom. The highest BCUT2D eigenvalue weighted by atomic mass is 32.1. The van der Waals surface area contributed by atoms with E-state index in [-0.39, 0.29) is 28.5 Å². The number of rotatable bonds is 3. The molecule has 0 aliphatic carbocycles. The molecule has 0 aliphatic heterocycles. The van der Waals surface area contributed by atoms with Crippen LogP contribution in [-0.2, 0) is 0 Å². The van der Waals surface area contributed by atoms with Crippen LogP contribution in [-0.4, -0.2) is 12.2 Å². The van der Waals surface area contributed by atoms with Gasteiger partial charge in [0.1, 0.15) is 0 Å². The summed E-state index contributed by atoms with van der Waals surface area (Å²) in [5.74, 6) is -0.136. The predicted molar refractivity (Wildman–Crippen MR) is 105 cm³/mol. The van der Waals surface area contributed by atoms with Crippen LogP contribution in [0, 0.1) is 0 Å². The Morgan fingerprint density at radius 2 is 1.46 bits per heavy atom. The number of benzene rings is 2. The van der Waals surface area contributed by atoms with Gasteiger partial charge in [-0.15, -0.1) is 11.3 Å². The monoisotopic (exact) mass is 413 g/mol. The van der Waals surface area contributed by atoms with Crippen molar-refractivity contribution in [3.05, 3.63) is 84.0 Å². The maximum absolute atomic E-state index is 9.75. The molecule has 8 heteroatoms. The van der Waals surface area contributed by atoms with Gasteiger partial charge in [-0.2, -0.15) is 9.40 Å². The Morgan fingerprint density at radius 3 is 2.00 bits per heavy atom. The van der Waals surface area contributed by atoms with Crippen LogP contribution in [0.25, 0.3) is 33.3 Å². The van der Waals surface area contributed by atoms with Crippen molar-refractivity contribution in [3.8, 4) is 33.3 Å². The molecule has 0 fully saturated rings. The maximum Gasteiger partial charge on any atom is 0.673 e. The maximum atomic E-state index is 9.75. The highest BCUT2D eigenvalue weighted by molar-refractivity contribution is 7.13. The van der Waals surface area contributed by atoms with Crippen LogP contribution in [0.3, 0.4) is 0 Å². The number of hydrogen-bond acceptors (Lipinski definition) is 2. The van der Waals surface area contributed by atoms with Gasteiger partial charge in [-0.1, -0.05) is 54.4 Å². The number of aromatic nitrogens is 1. The molecule has 0 unspecified atom stereocenters. The average Bonchev–Trinajstić information content (AvgIpc) is 3.38. The van der Waals surface area contributed by atoms with Gasteiger partial charge >= 0.3 is 18.9 Å². The molecular formula is C20H14BF4NOS. The van der Waals surface area contributed by atoms with Gasteiger partial charge in [0.15, 0.2) is 4.88 Å². The molecule has 4 aromatic rings. The Labute approximate surface area is 177 Å². The normalized spacial score (nSPS) is 15.9. The van der Waals surface area contributed by atoms with Crippen LogP contribution in [0.2, 0.25) is 0 Å². The molecule has 2 nitrogen and oxygen atoms in total. The molecular weight excluding hydrogens is 389 g/mol. The lowest BCUT2D eigenvalue weighted by atomic mass is 10.1. The summed E-state index contributed by atoms with van der Waals surface area (Å²) in [5, 5.41) is 1.76. The first-order valence-corrected chi connectivity index (χ1v) is 8.33. The van der Waals surface area contributed by atoms with E-state index in [0.29, 0.717) is 4.88 Å². The fourth-order valence-electron chi connectivity index (χ4n) is 1.93. The van der Waals surface area contributed by atoms with Gasteiger partial charge in [0.2, 0.25) is 0 Å². The van der Waals surface area contributed by atoms with Crippen molar-refractivity contribution in [1.29, 1.82) is 0 Å². The Balaban J connectivity index is 0.000000732. The van der Waals surface area contributed by atoms with Gasteiger partial charge in [-0.3, -0.25) is 0 Å². The minimum Gasteiger partial charge on any atom is -0.418 e. The van der Waals surface area contributed by atoms with Gasteiger partial charge in [0.05, 0.1) is 31.0 Å². The van der Waals surface area contributed by atoms with Gasteiger partial charge in [0, 0.05) is 5.56 Å².